The zero-order valence-electron chi connectivity index (χ0n) is 17.0. The molecule has 0 saturated carbocycles. The first kappa shape index (κ1) is 18.8. The average Bonchev–Trinajstić information content (AvgIpc) is 3.25. The molecule has 5 rings (SSSR count). The molecule has 2 amide bonds. The molecule has 1 aliphatic rings. The van der Waals surface area contributed by atoms with E-state index in [2.05, 4.69) is 11.9 Å². The van der Waals surface area contributed by atoms with E-state index in [-0.39, 0.29) is 18.4 Å². The molecule has 1 aliphatic heterocycles. The maximum absolute atomic E-state index is 12.6. The van der Waals surface area contributed by atoms with Crippen molar-refractivity contribution in [3.8, 4) is 11.4 Å². The molecule has 0 fully saturated rings. The minimum atomic E-state index is -0.280. The number of imidazole rings is 1. The molecule has 0 saturated heterocycles. The molecule has 0 aliphatic carbocycles. The van der Waals surface area contributed by atoms with Gasteiger partial charge in [0.1, 0.15) is 12.4 Å². The molecule has 0 radical (unpaired) electrons. The zero-order chi connectivity index (χ0) is 21.5. The molecule has 1 aromatic heterocycles. The first-order valence-electron chi connectivity index (χ1n) is 9.95. The maximum Gasteiger partial charge on any atom is 0.259 e. The van der Waals surface area contributed by atoms with Gasteiger partial charge in [-0.3, -0.25) is 14.5 Å². The van der Waals surface area contributed by atoms with E-state index >= 15 is 0 Å². The smallest absolute Gasteiger partial charge is 0.259 e. The Morgan fingerprint density at radius 2 is 1.65 bits per heavy atom. The van der Waals surface area contributed by atoms with Crippen molar-refractivity contribution in [1.82, 2.24) is 14.5 Å². The zero-order valence-corrected chi connectivity index (χ0v) is 17.0. The van der Waals surface area contributed by atoms with Crippen molar-refractivity contribution in [3.05, 3.63) is 90.5 Å². The van der Waals surface area contributed by atoms with Crippen LogP contribution in [0.25, 0.3) is 28.1 Å². The fourth-order valence-electron chi connectivity index (χ4n) is 3.95. The second kappa shape index (κ2) is 7.25. The predicted molar refractivity (Wildman–Crippen MR) is 121 cm³/mol. The molecule has 6 heteroatoms. The lowest BCUT2D eigenvalue weighted by atomic mass is 10.1. The van der Waals surface area contributed by atoms with Crippen molar-refractivity contribution in [2.75, 3.05) is 11.9 Å². The van der Waals surface area contributed by atoms with E-state index in [1.165, 1.54) is 4.90 Å². The number of hydrogen-bond donors (Lipinski definition) is 1. The Kier molecular flexibility index (Phi) is 4.40. The number of amides is 2. The third-order valence-corrected chi connectivity index (χ3v) is 5.56. The Labute approximate surface area is 179 Å². The van der Waals surface area contributed by atoms with E-state index in [9.17, 15) is 9.59 Å². The van der Waals surface area contributed by atoms with Crippen molar-refractivity contribution < 1.29 is 9.59 Å². The minimum Gasteiger partial charge on any atom is -0.327 e. The van der Waals surface area contributed by atoms with Gasteiger partial charge in [-0.2, -0.15) is 0 Å². The van der Waals surface area contributed by atoms with E-state index in [4.69, 9.17) is 4.98 Å². The number of carbonyl (C=O) groups excluding carboxylic acids is 2. The normalized spacial score (nSPS) is 13.0. The lowest BCUT2D eigenvalue weighted by Crippen LogP contribution is -2.32. The molecule has 152 valence electrons. The highest BCUT2D eigenvalue weighted by molar-refractivity contribution is 6.11. The Hall–Kier alpha value is -4.19. The number of benzene rings is 3. The Balaban J connectivity index is 1.30. The molecule has 3 aromatic carbocycles. The molecule has 0 spiro atoms. The van der Waals surface area contributed by atoms with Gasteiger partial charge in [0.25, 0.3) is 5.91 Å². The van der Waals surface area contributed by atoms with Crippen LogP contribution < -0.4 is 5.32 Å². The molecule has 31 heavy (non-hydrogen) atoms. The number of carbonyl (C=O) groups is 2. The van der Waals surface area contributed by atoms with Gasteiger partial charge in [0.05, 0.1) is 11.0 Å². The number of nitrogens with zero attached hydrogens (tertiary/aromatic N) is 3. The van der Waals surface area contributed by atoms with Gasteiger partial charge in [-0.1, -0.05) is 36.9 Å². The Morgan fingerprint density at radius 3 is 2.35 bits per heavy atom. The van der Waals surface area contributed by atoms with Crippen LogP contribution in [0.2, 0.25) is 0 Å². The highest BCUT2D eigenvalue weighted by Crippen LogP contribution is 2.31. The summed E-state index contributed by atoms with van der Waals surface area (Å²) < 4.78 is 2.05. The summed E-state index contributed by atoms with van der Waals surface area (Å²) in [7, 11) is 1.98. The summed E-state index contributed by atoms with van der Waals surface area (Å²) >= 11 is 0. The predicted octanol–water partition coefficient (Wildman–Crippen LogP) is 4.31. The molecule has 4 aromatic rings. The lowest BCUT2D eigenvalue weighted by molar-refractivity contribution is -0.116. The van der Waals surface area contributed by atoms with Gasteiger partial charge in [0.15, 0.2) is 0 Å². The van der Waals surface area contributed by atoms with Crippen LogP contribution >= 0.6 is 0 Å². The number of para-hydroxylation sites is 2. The lowest BCUT2D eigenvalue weighted by Gasteiger charge is -2.17. The Bertz CT molecular complexity index is 1320. The molecule has 0 bridgehead atoms. The van der Waals surface area contributed by atoms with Gasteiger partial charge in [0, 0.05) is 35.1 Å². The monoisotopic (exact) mass is 408 g/mol. The number of rotatable bonds is 4. The number of aromatic nitrogens is 2. The largest absolute Gasteiger partial charge is 0.327 e. The third-order valence-electron chi connectivity index (χ3n) is 5.56. The highest BCUT2D eigenvalue weighted by atomic mass is 16.2. The molecular formula is C25H20N4O2. The molecule has 1 N–H and O–H groups in total. The van der Waals surface area contributed by atoms with E-state index in [0.29, 0.717) is 16.9 Å². The summed E-state index contributed by atoms with van der Waals surface area (Å²) in [6, 6.07) is 22.7. The van der Waals surface area contributed by atoms with Gasteiger partial charge in [-0.25, -0.2) is 4.98 Å². The van der Waals surface area contributed by atoms with Crippen molar-refractivity contribution in [1.29, 1.82) is 0 Å². The van der Waals surface area contributed by atoms with E-state index < -0.39 is 0 Å². The second-order valence-corrected chi connectivity index (χ2v) is 7.49. The van der Waals surface area contributed by atoms with Crippen LogP contribution in [0.3, 0.4) is 0 Å². The second-order valence-electron chi connectivity index (χ2n) is 7.49. The highest BCUT2D eigenvalue weighted by Gasteiger charge is 2.31. The summed E-state index contributed by atoms with van der Waals surface area (Å²) in [6.07, 6.45) is 0. The average molecular weight is 408 g/mol. The maximum atomic E-state index is 12.6. The molecule has 6 nitrogen and oxygen atoms in total. The van der Waals surface area contributed by atoms with Crippen LogP contribution in [0.1, 0.15) is 15.9 Å². The third kappa shape index (κ3) is 3.18. The quantitative estimate of drug-likeness (QED) is 0.547. The molecule has 0 atom stereocenters. The fraction of sp³-hybridized carbons (Fsp3) is 0.0800. The van der Waals surface area contributed by atoms with Crippen LogP contribution in [0.4, 0.5) is 5.69 Å². The summed E-state index contributed by atoms with van der Waals surface area (Å²) in [4.78, 5) is 31.3. The van der Waals surface area contributed by atoms with Gasteiger partial charge < -0.3 is 9.88 Å². The van der Waals surface area contributed by atoms with Crippen LogP contribution in [-0.2, 0) is 11.8 Å². The summed E-state index contributed by atoms with van der Waals surface area (Å²) in [5, 5.41) is 2.86. The van der Waals surface area contributed by atoms with Crippen molar-refractivity contribution in [2.24, 2.45) is 7.05 Å². The summed E-state index contributed by atoms with van der Waals surface area (Å²) in [6.45, 7) is 3.89. The number of anilines is 1. The number of fused-ring (bicyclic) bond motifs is 2. The van der Waals surface area contributed by atoms with Crippen molar-refractivity contribution in [3.63, 3.8) is 0 Å². The molecular weight excluding hydrogens is 388 g/mol. The number of aryl methyl sites for hydroxylation is 1. The number of hydrogen-bond acceptors (Lipinski definition) is 3. The minimum absolute atomic E-state index is 0.0845. The van der Waals surface area contributed by atoms with Crippen LogP contribution in [0, 0.1) is 0 Å². The van der Waals surface area contributed by atoms with Gasteiger partial charge >= 0.3 is 0 Å². The first-order chi connectivity index (χ1) is 15.0. The molecule has 0 unspecified atom stereocenters. The van der Waals surface area contributed by atoms with Gasteiger partial charge in [0.2, 0.25) is 5.91 Å². The Morgan fingerprint density at radius 1 is 0.968 bits per heavy atom. The number of nitrogens with one attached hydrogen (secondary N) is 1. The van der Waals surface area contributed by atoms with Gasteiger partial charge in [-0.15, -0.1) is 0 Å². The standard InChI is InChI=1S/C25H20N4O2/c1-16-19-7-3-4-8-20(19)25(31)29(16)15-23(30)26-18-13-11-17(12-14-18)24-27-21-9-5-6-10-22(21)28(24)2/h3-14H,1,15H2,2H3,(H,26,30). The van der Waals surface area contributed by atoms with Gasteiger partial charge in [-0.05, 0) is 42.5 Å². The van der Waals surface area contributed by atoms with Crippen molar-refractivity contribution >= 4 is 34.2 Å². The van der Waals surface area contributed by atoms with Crippen LogP contribution in [0.15, 0.2) is 79.4 Å². The van der Waals surface area contributed by atoms with E-state index in [0.717, 1.165) is 28.0 Å². The van der Waals surface area contributed by atoms with E-state index in [1.807, 2.05) is 72.3 Å². The van der Waals surface area contributed by atoms with E-state index in [1.54, 1.807) is 12.1 Å². The van der Waals surface area contributed by atoms with Crippen LogP contribution in [-0.4, -0.2) is 32.8 Å². The SMILES string of the molecule is C=C1c2ccccc2C(=O)N1CC(=O)Nc1ccc(-c2nc3ccccc3n2C)cc1. The first-order valence-corrected chi connectivity index (χ1v) is 9.95. The summed E-state index contributed by atoms with van der Waals surface area (Å²) in [5.41, 5.74) is 5.50. The fourth-order valence-corrected chi connectivity index (χ4v) is 3.95. The summed E-state index contributed by atoms with van der Waals surface area (Å²) in [5.74, 6) is 0.376. The molecule has 2 heterocycles. The van der Waals surface area contributed by atoms with Crippen LogP contribution in [0.5, 0.6) is 0 Å². The topological polar surface area (TPSA) is 67.2 Å². The van der Waals surface area contributed by atoms with Crippen molar-refractivity contribution in [2.45, 2.75) is 0 Å².